The highest BCUT2D eigenvalue weighted by atomic mass is 35.5. The maximum atomic E-state index is 5.93. The molecule has 1 aromatic heterocycles. The van der Waals surface area contributed by atoms with E-state index in [1.165, 1.54) is 0 Å². The Kier molecular flexibility index (Phi) is 3.30. The Bertz CT molecular complexity index is 675. The van der Waals surface area contributed by atoms with Gasteiger partial charge in [0.1, 0.15) is 0 Å². The van der Waals surface area contributed by atoms with Crippen molar-refractivity contribution in [1.29, 1.82) is 0 Å². The van der Waals surface area contributed by atoms with Crippen molar-refractivity contribution in [3.8, 4) is 22.4 Å². The van der Waals surface area contributed by atoms with Gasteiger partial charge in [-0.05, 0) is 29.8 Å². The Morgan fingerprint density at radius 3 is 2.32 bits per heavy atom. The number of hydrogen-bond acceptors (Lipinski definition) is 1. The van der Waals surface area contributed by atoms with Crippen LogP contribution in [-0.2, 0) is 0 Å². The molecule has 0 aliphatic rings. The van der Waals surface area contributed by atoms with Gasteiger partial charge in [0, 0.05) is 22.3 Å². The zero-order valence-electron chi connectivity index (χ0n) is 10.2. The zero-order valence-corrected chi connectivity index (χ0v) is 10.9. The zero-order chi connectivity index (χ0) is 13.1. The second-order valence-corrected chi connectivity index (χ2v) is 4.62. The van der Waals surface area contributed by atoms with Gasteiger partial charge in [-0.25, -0.2) is 0 Å². The van der Waals surface area contributed by atoms with Crippen molar-refractivity contribution in [3.63, 3.8) is 0 Å². The van der Waals surface area contributed by atoms with Gasteiger partial charge in [0.25, 0.3) is 0 Å². The Balaban J connectivity index is 2.15. The Morgan fingerprint density at radius 1 is 0.842 bits per heavy atom. The van der Waals surface area contributed by atoms with E-state index < -0.39 is 0 Å². The lowest BCUT2D eigenvalue weighted by Gasteiger charge is -2.08. The van der Waals surface area contributed by atoms with Crippen molar-refractivity contribution in [2.45, 2.75) is 0 Å². The van der Waals surface area contributed by atoms with Gasteiger partial charge in [-0.1, -0.05) is 54.1 Å². The number of benzene rings is 2. The van der Waals surface area contributed by atoms with Gasteiger partial charge in [0.15, 0.2) is 0 Å². The van der Waals surface area contributed by atoms with Gasteiger partial charge in [-0.2, -0.15) is 0 Å². The van der Waals surface area contributed by atoms with Crippen molar-refractivity contribution in [2.24, 2.45) is 0 Å². The van der Waals surface area contributed by atoms with Gasteiger partial charge in [0.05, 0.1) is 5.69 Å². The van der Waals surface area contributed by atoms with Crippen LogP contribution in [-0.4, -0.2) is 4.98 Å². The van der Waals surface area contributed by atoms with Crippen molar-refractivity contribution in [2.75, 3.05) is 0 Å². The normalized spacial score (nSPS) is 10.4. The average molecular weight is 265 g/mol. The first kappa shape index (κ1) is 11.9. The molecule has 19 heavy (non-hydrogen) atoms. The summed E-state index contributed by atoms with van der Waals surface area (Å²) >= 11 is 5.93. The average Bonchev–Trinajstić information content (AvgIpc) is 2.49. The van der Waals surface area contributed by atoms with Crippen LogP contribution in [0.25, 0.3) is 22.4 Å². The fourth-order valence-corrected chi connectivity index (χ4v) is 2.14. The fourth-order valence-electron chi connectivity index (χ4n) is 2.02. The van der Waals surface area contributed by atoms with E-state index in [9.17, 15) is 0 Å². The van der Waals surface area contributed by atoms with Crippen molar-refractivity contribution in [1.82, 2.24) is 4.98 Å². The highest BCUT2D eigenvalue weighted by Crippen LogP contribution is 2.30. The van der Waals surface area contributed by atoms with Crippen LogP contribution in [0, 0.1) is 6.07 Å². The van der Waals surface area contributed by atoms with E-state index in [0.29, 0.717) is 0 Å². The minimum atomic E-state index is 0.727. The number of pyridine rings is 1. The molecule has 1 heterocycles. The summed E-state index contributed by atoms with van der Waals surface area (Å²) in [7, 11) is 0. The van der Waals surface area contributed by atoms with Gasteiger partial charge in [-0.3, -0.25) is 4.98 Å². The number of nitrogens with zero attached hydrogens (tertiary/aromatic N) is 1. The van der Waals surface area contributed by atoms with E-state index in [4.69, 9.17) is 11.6 Å². The van der Waals surface area contributed by atoms with Gasteiger partial charge < -0.3 is 0 Å². The van der Waals surface area contributed by atoms with E-state index in [2.05, 4.69) is 23.2 Å². The molecule has 1 nitrogen and oxygen atoms in total. The summed E-state index contributed by atoms with van der Waals surface area (Å²) in [6, 6.07) is 23.0. The highest BCUT2D eigenvalue weighted by molar-refractivity contribution is 6.30. The van der Waals surface area contributed by atoms with Crippen LogP contribution in [0.2, 0.25) is 5.02 Å². The van der Waals surface area contributed by atoms with Crippen LogP contribution in [0.5, 0.6) is 0 Å². The third-order valence-electron chi connectivity index (χ3n) is 2.92. The number of rotatable bonds is 2. The van der Waals surface area contributed by atoms with Crippen molar-refractivity contribution >= 4 is 11.6 Å². The molecule has 1 radical (unpaired) electrons. The molecule has 3 rings (SSSR count). The van der Waals surface area contributed by atoms with Crippen LogP contribution >= 0.6 is 11.6 Å². The second kappa shape index (κ2) is 5.25. The van der Waals surface area contributed by atoms with Gasteiger partial charge in [-0.15, -0.1) is 0 Å². The second-order valence-electron chi connectivity index (χ2n) is 4.19. The minimum absolute atomic E-state index is 0.727. The Hall–Kier alpha value is -2.12. The lowest BCUT2D eigenvalue weighted by atomic mass is 10.00. The molecule has 2 aromatic carbocycles. The predicted octanol–water partition coefficient (Wildman–Crippen LogP) is 4.87. The monoisotopic (exact) mass is 264 g/mol. The first-order valence-electron chi connectivity index (χ1n) is 6.02. The van der Waals surface area contributed by atoms with Gasteiger partial charge in [0.2, 0.25) is 0 Å². The van der Waals surface area contributed by atoms with E-state index in [1.807, 2.05) is 48.5 Å². The molecule has 0 spiro atoms. The quantitative estimate of drug-likeness (QED) is 0.643. The summed E-state index contributed by atoms with van der Waals surface area (Å²) in [6.45, 7) is 0. The van der Waals surface area contributed by atoms with E-state index in [1.54, 1.807) is 6.20 Å². The molecular weight excluding hydrogens is 254 g/mol. The largest absolute Gasteiger partial charge is 0.256 e. The highest BCUT2D eigenvalue weighted by Gasteiger charge is 2.08. The first-order chi connectivity index (χ1) is 9.34. The summed E-state index contributed by atoms with van der Waals surface area (Å²) in [5, 5.41) is 0.727. The van der Waals surface area contributed by atoms with Crippen LogP contribution in [0.15, 0.2) is 66.9 Å². The van der Waals surface area contributed by atoms with E-state index >= 15 is 0 Å². The molecule has 0 amide bonds. The molecule has 0 atom stereocenters. The number of aromatic nitrogens is 1. The van der Waals surface area contributed by atoms with Crippen molar-refractivity contribution < 1.29 is 0 Å². The van der Waals surface area contributed by atoms with E-state index in [0.717, 1.165) is 27.4 Å². The molecule has 0 fully saturated rings. The lowest BCUT2D eigenvalue weighted by molar-refractivity contribution is 1.32. The van der Waals surface area contributed by atoms with Crippen LogP contribution in [0.3, 0.4) is 0 Å². The molecule has 0 unspecified atom stereocenters. The predicted molar refractivity (Wildman–Crippen MR) is 79.0 cm³/mol. The summed E-state index contributed by atoms with van der Waals surface area (Å²) in [6.07, 6.45) is 1.76. The summed E-state index contributed by atoms with van der Waals surface area (Å²) in [5.74, 6) is 0. The topological polar surface area (TPSA) is 12.9 Å². The summed E-state index contributed by atoms with van der Waals surface area (Å²) in [5.41, 5.74) is 4.08. The fraction of sp³-hybridized carbons (Fsp3) is 0. The molecule has 3 aromatic rings. The maximum Gasteiger partial charge on any atom is 0.0786 e. The summed E-state index contributed by atoms with van der Waals surface area (Å²) < 4.78 is 0. The molecule has 0 N–H and O–H groups in total. The van der Waals surface area contributed by atoms with Gasteiger partial charge >= 0.3 is 0 Å². The third-order valence-corrected chi connectivity index (χ3v) is 3.17. The first-order valence-corrected chi connectivity index (χ1v) is 6.40. The smallest absolute Gasteiger partial charge is 0.0786 e. The lowest BCUT2D eigenvalue weighted by Crippen LogP contribution is -1.88. The number of halogens is 1. The molecule has 0 aliphatic heterocycles. The maximum absolute atomic E-state index is 5.93. The SMILES string of the molecule is Clc1ccc(-c2ncc[c]c2-c2ccccc2)cc1. The molecule has 0 bridgehead atoms. The Labute approximate surface area is 117 Å². The van der Waals surface area contributed by atoms with E-state index in [-0.39, 0.29) is 0 Å². The minimum Gasteiger partial charge on any atom is -0.256 e. The van der Waals surface area contributed by atoms with Crippen LogP contribution < -0.4 is 0 Å². The van der Waals surface area contributed by atoms with Crippen molar-refractivity contribution in [3.05, 3.63) is 77.9 Å². The molecule has 2 heteroatoms. The standard InChI is InChI=1S/C17H11ClN/c18-15-10-8-14(9-11-15)17-16(7-4-12-19-17)13-5-2-1-3-6-13/h1-6,8-12H. The number of hydrogen-bond donors (Lipinski definition) is 0. The molecular formula is C17H11ClN. The molecule has 0 saturated heterocycles. The summed E-state index contributed by atoms with van der Waals surface area (Å²) in [4.78, 5) is 4.48. The molecule has 0 saturated carbocycles. The molecule has 0 aliphatic carbocycles. The Morgan fingerprint density at radius 2 is 1.58 bits per heavy atom. The van der Waals surface area contributed by atoms with Crippen LogP contribution in [0.1, 0.15) is 0 Å². The third kappa shape index (κ3) is 2.51. The van der Waals surface area contributed by atoms with Crippen LogP contribution in [0.4, 0.5) is 0 Å². The molecule has 91 valence electrons.